The maximum atomic E-state index is 14.3. The zero-order valence-corrected chi connectivity index (χ0v) is 17.1. The van der Waals surface area contributed by atoms with Crippen molar-refractivity contribution in [1.82, 2.24) is 19.8 Å². The Kier molecular flexibility index (Phi) is 5.97. The number of amides is 1. The number of rotatable bonds is 4. The molecule has 0 spiro atoms. The molecule has 0 aliphatic heterocycles. The van der Waals surface area contributed by atoms with E-state index in [0.29, 0.717) is 15.2 Å². The van der Waals surface area contributed by atoms with E-state index >= 15 is 0 Å². The van der Waals surface area contributed by atoms with Crippen LogP contribution in [0.2, 0.25) is 0 Å². The lowest BCUT2D eigenvalue weighted by Gasteiger charge is -2.24. The van der Waals surface area contributed by atoms with Gasteiger partial charge in [-0.1, -0.05) is 6.92 Å². The van der Waals surface area contributed by atoms with Crippen molar-refractivity contribution in [2.75, 3.05) is 12.8 Å². The minimum absolute atomic E-state index is 0.209. The van der Waals surface area contributed by atoms with Crippen LogP contribution >= 0.6 is 0 Å². The van der Waals surface area contributed by atoms with Crippen LogP contribution in [-0.2, 0) is 14.8 Å². The van der Waals surface area contributed by atoms with Gasteiger partial charge in [0.1, 0.15) is 11.4 Å². The molecule has 0 aliphatic carbocycles. The second-order valence-corrected chi connectivity index (χ2v) is 9.50. The van der Waals surface area contributed by atoms with Crippen molar-refractivity contribution in [3.63, 3.8) is 0 Å². The first-order chi connectivity index (χ1) is 12.8. The molecule has 28 heavy (non-hydrogen) atoms. The number of H-pyrrole nitrogens is 1. The summed E-state index contributed by atoms with van der Waals surface area (Å²) in [6.45, 7) is 6.49. The van der Waals surface area contributed by atoms with Gasteiger partial charge in [0.2, 0.25) is 16.0 Å². The molecule has 1 heterocycles. The van der Waals surface area contributed by atoms with Crippen molar-refractivity contribution in [3.05, 3.63) is 29.7 Å². The van der Waals surface area contributed by atoms with E-state index in [9.17, 15) is 17.6 Å². The maximum Gasteiger partial charge on any atom is 0.414 e. The van der Waals surface area contributed by atoms with Gasteiger partial charge in [-0.05, 0) is 44.4 Å². The van der Waals surface area contributed by atoms with Gasteiger partial charge >= 0.3 is 6.09 Å². The zero-order valence-electron chi connectivity index (χ0n) is 16.3. The maximum absolute atomic E-state index is 14.3. The van der Waals surface area contributed by atoms with E-state index < -0.39 is 45.2 Å². The first kappa shape index (κ1) is 21.6. The number of aromatic amines is 1. The summed E-state index contributed by atoms with van der Waals surface area (Å²) >= 11 is 0. The monoisotopic (exact) mass is 413 g/mol. The third-order valence-corrected chi connectivity index (χ3v) is 5.84. The topological polar surface area (TPSA) is 128 Å². The number of benzene rings is 1. The van der Waals surface area contributed by atoms with E-state index in [1.807, 2.05) is 0 Å². The Labute approximate surface area is 162 Å². The Balaban J connectivity index is 2.11. The molecule has 0 fully saturated rings. The Hall–Kier alpha value is -2.69. The minimum Gasteiger partial charge on any atom is -0.444 e. The quantitative estimate of drug-likeness (QED) is 0.524. The van der Waals surface area contributed by atoms with E-state index in [-0.39, 0.29) is 5.56 Å². The second kappa shape index (κ2) is 7.74. The molecule has 0 saturated carbocycles. The van der Waals surface area contributed by atoms with Gasteiger partial charge in [0.05, 0.1) is 17.5 Å². The number of carbonyl (C=O) groups is 1. The van der Waals surface area contributed by atoms with E-state index in [1.54, 1.807) is 27.7 Å². The molecule has 2 aromatic rings. The van der Waals surface area contributed by atoms with Crippen molar-refractivity contribution in [2.24, 2.45) is 0 Å². The molecule has 1 atom stereocenters. The lowest BCUT2D eigenvalue weighted by Crippen LogP contribution is -2.47. The predicted octanol–water partition coefficient (Wildman–Crippen LogP) is 2.53. The Morgan fingerprint density at radius 1 is 1.43 bits per heavy atom. The molecular weight excluding hydrogens is 389 g/mol. The number of guanidine groups is 1. The third kappa shape index (κ3) is 5.18. The van der Waals surface area contributed by atoms with Crippen LogP contribution in [-0.4, -0.2) is 53.4 Å². The van der Waals surface area contributed by atoms with Gasteiger partial charge < -0.3 is 4.74 Å². The summed E-state index contributed by atoms with van der Waals surface area (Å²) in [6, 6.07) is 2.80. The van der Waals surface area contributed by atoms with Crippen molar-refractivity contribution in [1.29, 1.82) is 5.41 Å². The van der Waals surface area contributed by atoms with Crippen LogP contribution in [0, 0.1) is 11.2 Å². The summed E-state index contributed by atoms with van der Waals surface area (Å²) in [6.07, 6.45) is 0.532. The number of hydrogen-bond acceptors (Lipinski definition) is 6. The normalized spacial score (nSPS) is 13.2. The number of carbonyl (C=O) groups excluding carboxylic acids is 1. The highest BCUT2D eigenvalue weighted by atomic mass is 32.2. The summed E-state index contributed by atoms with van der Waals surface area (Å²) in [5, 5.41) is 17.0. The molecule has 1 aromatic heterocycles. The number of fused-ring (bicyclic) bond motifs is 1. The van der Waals surface area contributed by atoms with Gasteiger partial charge in [-0.15, -0.1) is 0 Å². The summed E-state index contributed by atoms with van der Waals surface area (Å²) < 4.78 is 45.2. The van der Waals surface area contributed by atoms with E-state index in [0.717, 1.165) is 7.05 Å². The molecule has 1 aromatic carbocycles. The summed E-state index contributed by atoms with van der Waals surface area (Å²) in [5.74, 6) is -2.36. The van der Waals surface area contributed by atoms with Gasteiger partial charge in [0.25, 0.3) is 0 Å². The molecule has 1 amide bonds. The number of halogens is 1. The fourth-order valence-electron chi connectivity index (χ4n) is 2.49. The van der Waals surface area contributed by atoms with Gasteiger partial charge in [0, 0.05) is 12.4 Å². The van der Waals surface area contributed by atoms with Gasteiger partial charge in [-0.25, -0.2) is 21.9 Å². The van der Waals surface area contributed by atoms with Crippen LogP contribution in [0.1, 0.15) is 39.2 Å². The fourth-order valence-corrected chi connectivity index (χ4v) is 3.85. The number of alkyl carbamates (subject to hydrolysis) is 1. The molecule has 0 aliphatic rings. The van der Waals surface area contributed by atoms with Gasteiger partial charge in [-0.2, -0.15) is 5.10 Å². The van der Waals surface area contributed by atoms with E-state index in [4.69, 9.17) is 10.1 Å². The second-order valence-electron chi connectivity index (χ2n) is 7.45. The van der Waals surface area contributed by atoms with E-state index in [2.05, 4.69) is 15.5 Å². The first-order valence-electron chi connectivity index (χ1n) is 8.48. The van der Waals surface area contributed by atoms with Crippen LogP contribution in [0.3, 0.4) is 0 Å². The lowest BCUT2D eigenvalue weighted by molar-refractivity contribution is 0.0559. The summed E-state index contributed by atoms with van der Waals surface area (Å²) in [7, 11) is -2.87. The predicted molar refractivity (Wildman–Crippen MR) is 103 cm³/mol. The average molecular weight is 413 g/mol. The van der Waals surface area contributed by atoms with E-state index in [1.165, 1.54) is 18.3 Å². The molecule has 0 radical (unpaired) electrons. The number of nitrogens with one attached hydrogen (secondary N) is 3. The van der Waals surface area contributed by atoms with Crippen LogP contribution in [0.4, 0.5) is 9.18 Å². The van der Waals surface area contributed by atoms with Crippen molar-refractivity contribution in [3.8, 4) is 0 Å². The first-order valence-corrected chi connectivity index (χ1v) is 10.1. The molecule has 0 bridgehead atoms. The fraction of sp³-hybridized carbons (Fsp3) is 0.471. The van der Waals surface area contributed by atoms with Crippen molar-refractivity contribution in [2.45, 2.75) is 39.2 Å². The van der Waals surface area contributed by atoms with Crippen LogP contribution in [0.15, 0.2) is 18.3 Å². The van der Waals surface area contributed by atoms with Gasteiger partial charge in [0.15, 0.2) is 0 Å². The Bertz CT molecular complexity index is 997. The minimum atomic E-state index is -4.01. The molecular formula is C17H24FN5O4S. The molecule has 154 valence electrons. The van der Waals surface area contributed by atoms with Crippen LogP contribution in [0.5, 0.6) is 0 Å². The number of ether oxygens (including phenoxy) is 1. The Morgan fingerprint density at radius 2 is 2.07 bits per heavy atom. The highest BCUT2D eigenvalue weighted by molar-refractivity contribution is 7.89. The molecule has 0 unspecified atom stereocenters. The average Bonchev–Trinajstić information content (AvgIpc) is 2.97. The van der Waals surface area contributed by atoms with Crippen molar-refractivity contribution < 1.29 is 22.3 Å². The highest BCUT2D eigenvalue weighted by Crippen LogP contribution is 2.25. The smallest absolute Gasteiger partial charge is 0.414 e. The number of sulfonamides is 1. The molecule has 2 rings (SSSR count). The number of hydrogen-bond donors (Lipinski definition) is 3. The molecule has 3 N–H and O–H groups in total. The molecule has 0 saturated heterocycles. The molecule has 9 nitrogen and oxygen atoms in total. The summed E-state index contributed by atoms with van der Waals surface area (Å²) in [5.41, 5.74) is 0.00723. The van der Waals surface area contributed by atoms with Gasteiger partial charge in [-0.3, -0.25) is 15.8 Å². The number of nitrogens with zero attached hydrogens (tertiary/aromatic N) is 2. The SMILES string of the molecule is C[C@H](CS(=O)(=O)N(C)C(=N)NC(=O)OC(C)(C)C)c1cc2[nH]ncc2cc1F. The zero-order chi connectivity index (χ0) is 21.3. The summed E-state index contributed by atoms with van der Waals surface area (Å²) in [4.78, 5) is 11.7. The standard InChI is InChI=1S/C17H24FN5O4S/c1-10(12-7-14-11(6-13(12)18)8-20-22-14)9-28(25,26)23(5)15(19)21-16(24)27-17(2,3)4/h6-8,10H,9H2,1-5H3,(H,20,22)(H2,19,21,24)/t10-/m1/s1. The Morgan fingerprint density at radius 3 is 2.68 bits per heavy atom. The van der Waals surface area contributed by atoms with Crippen LogP contribution in [0.25, 0.3) is 10.9 Å². The molecule has 11 heteroatoms. The van der Waals surface area contributed by atoms with Crippen molar-refractivity contribution >= 4 is 33.0 Å². The lowest BCUT2D eigenvalue weighted by atomic mass is 10.0. The van der Waals surface area contributed by atoms with Crippen LogP contribution < -0.4 is 5.32 Å². The third-order valence-electron chi connectivity index (χ3n) is 3.90. The largest absolute Gasteiger partial charge is 0.444 e. The highest BCUT2D eigenvalue weighted by Gasteiger charge is 2.27. The number of aromatic nitrogens is 2.